The number of rotatable bonds is 1. The number of ether oxygens (including phenoxy) is 1. The Balaban J connectivity index is 1.99. The number of hydrogen-bond acceptors (Lipinski definition) is 5. The number of carbonyl (C=O) groups excluding carboxylic acids is 1. The van der Waals surface area contributed by atoms with Gasteiger partial charge in [-0.2, -0.15) is 0 Å². The number of benzene rings is 1. The van der Waals surface area contributed by atoms with Crippen LogP contribution in [0, 0.1) is 0 Å². The highest BCUT2D eigenvalue weighted by molar-refractivity contribution is 5.85. The van der Waals surface area contributed by atoms with Crippen molar-refractivity contribution in [2.75, 3.05) is 26.0 Å². The van der Waals surface area contributed by atoms with Gasteiger partial charge in [-0.3, -0.25) is 5.32 Å². The molecule has 2 heterocycles. The van der Waals surface area contributed by atoms with E-state index in [9.17, 15) is 4.79 Å². The molecule has 1 atom stereocenters. The van der Waals surface area contributed by atoms with Gasteiger partial charge in [0.1, 0.15) is 5.82 Å². The first kappa shape index (κ1) is 17.4. The number of imidazole rings is 1. The highest BCUT2D eigenvalue weighted by atomic mass is 16.5. The third-order valence-electron chi connectivity index (χ3n) is 4.51. The zero-order chi connectivity index (χ0) is 17.8. The molecule has 134 valence electrons. The van der Waals surface area contributed by atoms with E-state index in [2.05, 4.69) is 32.0 Å². The van der Waals surface area contributed by atoms with Crippen molar-refractivity contribution in [3.63, 3.8) is 0 Å². The number of methoxy groups -OCH3 is 1. The number of nitrogens with one attached hydrogen (secondary N) is 2. The Bertz CT molecular complexity index is 743. The van der Waals surface area contributed by atoms with Gasteiger partial charge < -0.3 is 20.4 Å². The minimum absolute atomic E-state index is 0.0674. The molecule has 1 amide bonds. The Morgan fingerprint density at radius 1 is 1.44 bits per heavy atom. The smallest absolute Gasteiger partial charge is 0.411 e. The number of anilines is 1. The summed E-state index contributed by atoms with van der Waals surface area (Å²) in [5.74, 6) is 0.826. The number of fused-ring (bicyclic) bond motifs is 4. The molecule has 1 aliphatic heterocycles. The van der Waals surface area contributed by atoms with Gasteiger partial charge in [0.05, 0.1) is 18.8 Å². The molecule has 0 fully saturated rings. The molecule has 3 rings (SSSR count). The van der Waals surface area contributed by atoms with E-state index in [1.54, 1.807) is 0 Å². The number of nitrogens with two attached hydrogens (primary N) is 1. The summed E-state index contributed by atoms with van der Waals surface area (Å²) in [4.78, 5) is 21.7. The maximum atomic E-state index is 11.5. The molecule has 0 spiro atoms. The van der Waals surface area contributed by atoms with E-state index in [0.717, 1.165) is 55.0 Å². The van der Waals surface area contributed by atoms with Crippen molar-refractivity contribution in [3.05, 3.63) is 35.8 Å². The fourth-order valence-corrected chi connectivity index (χ4v) is 3.14. The molecule has 7 heteroatoms. The predicted molar refractivity (Wildman–Crippen MR) is 97.2 cm³/mol. The number of nitrogens with zero attached hydrogens (tertiary/aromatic N) is 2. The van der Waals surface area contributed by atoms with Crippen LogP contribution in [-0.4, -0.2) is 41.7 Å². The van der Waals surface area contributed by atoms with Gasteiger partial charge in [-0.15, -0.1) is 0 Å². The van der Waals surface area contributed by atoms with Crippen LogP contribution in [0.4, 0.5) is 10.5 Å². The van der Waals surface area contributed by atoms with Crippen molar-refractivity contribution in [2.24, 2.45) is 5.73 Å². The van der Waals surface area contributed by atoms with Crippen LogP contribution in [0.25, 0.3) is 11.3 Å². The molecule has 7 nitrogen and oxygen atoms in total. The van der Waals surface area contributed by atoms with Crippen LogP contribution in [-0.2, 0) is 11.3 Å². The highest BCUT2D eigenvalue weighted by Crippen LogP contribution is 2.28. The molecule has 2 bridgehead atoms. The summed E-state index contributed by atoms with van der Waals surface area (Å²) in [7, 11) is 3.46. The van der Waals surface area contributed by atoms with Crippen molar-refractivity contribution in [1.29, 1.82) is 0 Å². The summed E-state index contributed by atoms with van der Waals surface area (Å²) in [5.41, 5.74) is 9.96. The van der Waals surface area contributed by atoms with Gasteiger partial charge in [0.25, 0.3) is 0 Å². The third-order valence-corrected chi connectivity index (χ3v) is 4.51. The van der Waals surface area contributed by atoms with E-state index in [0.29, 0.717) is 5.69 Å². The molecule has 25 heavy (non-hydrogen) atoms. The summed E-state index contributed by atoms with van der Waals surface area (Å²) >= 11 is 0. The minimum atomic E-state index is -0.477. The Kier molecular flexibility index (Phi) is 5.35. The Labute approximate surface area is 147 Å². The second-order valence-electron chi connectivity index (χ2n) is 6.50. The number of aromatic amines is 1. The van der Waals surface area contributed by atoms with Crippen LogP contribution in [0.15, 0.2) is 24.4 Å². The van der Waals surface area contributed by atoms with Crippen molar-refractivity contribution >= 4 is 11.8 Å². The molecule has 0 saturated carbocycles. The second kappa shape index (κ2) is 7.67. The lowest BCUT2D eigenvalue weighted by molar-refractivity contribution is 0.187. The van der Waals surface area contributed by atoms with Crippen LogP contribution in [0.5, 0.6) is 0 Å². The van der Waals surface area contributed by atoms with Gasteiger partial charge in [-0.25, -0.2) is 9.78 Å². The van der Waals surface area contributed by atoms with Gasteiger partial charge in [0.2, 0.25) is 0 Å². The van der Waals surface area contributed by atoms with Crippen molar-refractivity contribution in [1.82, 2.24) is 14.9 Å². The standard InChI is InChI=1S/C18H25N5O2/c1-23-8-4-3-5-15(19)17-20-10-16(22-17)14-7-6-13(9-12(14)11-23)21-18(24)25-2/h6-7,9-10,15H,3-5,8,11,19H2,1-2H3,(H,20,22)(H,21,24). The molecular formula is C18H25N5O2. The van der Waals surface area contributed by atoms with Gasteiger partial charge in [-0.1, -0.05) is 12.5 Å². The predicted octanol–water partition coefficient (Wildman–Crippen LogP) is 2.87. The summed E-state index contributed by atoms with van der Waals surface area (Å²) in [6, 6.07) is 5.74. The number of aromatic nitrogens is 2. The first-order valence-corrected chi connectivity index (χ1v) is 8.54. The normalized spacial score (nSPS) is 18.6. The van der Waals surface area contributed by atoms with Crippen molar-refractivity contribution in [3.8, 4) is 11.3 Å². The second-order valence-corrected chi connectivity index (χ2v) is 6.50. The summed E-state index contributed by atoms with van der Waals surface area (Å²) in [6.45, 7) is 1.78. The van der Waals surface area contributed by atoms with Gasteiger partial charge in [0, 0.05) is 24.0 Å². The highest BCUT2D eigenvalue weighted by Gasteiger charge is 2.16. The average molecular weight is 343 g/mol. The van der Waals surface area contributed by atoms with Gasteiger partial charge in [0.15, 0.2) is 0 Å². The zero-order valence-corrected chi connectivity index (χ0v) is 14.7. The summed E-state index contributed by atoms with van der Waals surface area (Å²) in [5, 5.41) is 2.72. The SMILES string of the molecule is COC(=O)Nc1ccc2c(c1)CN(C)CCCCC(N)c1nc-2c[nH]1. The Hall–Kier alpha value is -2.38. The lowest BCUT2D eigenvalue weighted by atomic mass is 10.0. The summed E-state index contributed by atoms with van der Waals surface area (Å²) in [6.07, 6.45) is 4.51. The van der Waals surface area contributed by atoms with E-state index in [1.165, 1.54) is 7.11 Å². The molecule has 1 aliphatic rings. The maximum absolute atomic E-state index is 11.5. The van der Waals surface area contributed by atoms with Crippen LogP contribution < -0.4 is 11.1 Å². The number of amides is 1. The van der Waals surface area contributed by atoms with Gasteiger partial charge in [-0.05, 0) is 44.1 Å². The molecule has 0 aliphatic carbocycles. The van der Waals surface area contributed by atoms with Crippen LogP contribution in [0.3, 0.4) is 0 Å². The van der Waals surface area contributed by atoms with Crippen molar-refractivity contribution in [2.45, 2.75) is 31.8 Å². The van der Waals surface area contributed by atoms with Gasteiger partial charge >= 0.3 is 6.09 Å². The fourth-order valence-electron chi connectivity index (χ4n) is 3.14. The number of carbonyl (C=O) groups is 1. The zero-order valence-electron chi connectivity index (χ0n) is 14.7. The lowest BCUT2D eigenvalue weighted by Crippen LogP contribution is -2.21. The molecule has 2 aromatic rings. The molecule has 0 radical (unpaired) electrons. The van der Waals surface area contributed by atoms with Crippen LogP contribution >= 0.6 is 0 Å². The molecule has 4 N–H and O–H groups in total. The molecule has 1 aromatic carbocycles. The third kappa shape index (κ3) is 4.18. The minimum Gasteiger partial charge on any atom is -0.453 e. The average Bonchev–Trinajstić information content (AvgIpc) is 3.08. The number of hydrogen-bond donors (Lipinski definition) is 3. The quantitative estimate of drug-likeness (QED) is 0.740. The number of H-pyrrole nitrogens is 1. The van der Waals surface area contributed by atoms with E-state index in [1.807, 2.05) is 24.4 Å². The molecular weight excluding hydrogens is 318 g/mol. The monoisotopic (exact) mass is 343 g/mol. The van der Waals surface area contributed by atoms with Crippen molar-refractivity contribution < 1.29 is 9.53 Å². The summed E-state index contributed by atoms with van der Waals surface area (Å²) < 4.78 is 4.67. The molecule has 1 aromatic heterocycles. The maximum Gasteiger partial charge on any atom is 0.411 e. The van der Waals surface area contributed by atoms with E-state index in [-0.39, 0.29) is 6.04 Å². The Morgan fingerprint density at radius 3 is 3.08 bits per heavy atom. The van der Waals surface area contributed by atoms with E-state index < -0.39 is 6.09 Å². The first-order chi connectivity index (χ1) is 12.1. The largest absolute Gasteiger partial charge is 0.453 e. The van der Waals surface area contributed by atoms with Crippen LogP contribution in [0.1, 0.15) is 36.7 Å². The van der Waals surface area contributed by atoms with E-state index >= 15 is 0 Å². The Morgan fingerprint density at radius 2 is 2.28 bits per heavy atom. The first-order valence-electron chi connectivity index (χ1n) is 8.54. The van der Waals surface area contributed by atoms with E-state index in [4.69, 9.17) is 5.73 Å². The molecule has 0 saturated heterocycles. The van der Waals surface area contributed by atoms with Crippen LogP contribution in [0.2, 0.25) is 0 Å². The lowest BCUT2D eigenvalue weighted by Gasteiger charge is -2.20. The molecule has 1 unspecified atom stereocenters. The topological polar surface area (TPSA) is 96.3 Å². The fraction of sp³-hybridized carbons (Fsp3) is 0.444.